The van der Waals surface area contributed by atoms with Crippen LogP contribution in [0.5, 0.6) is 0 Å². The Kier molecular flexibility index (Phi) is 4.17. The van der Waals surface area contributed by atoms with Crippen molar-refractivity contribution in [1.29, 1.82) is 0 Å². The minimum atomic E-state index is -0.369. The molecule has 0 unspecified atom stereocenters. The number of hydrogen-bond acceptors (Lipinski definition) is 1. The highest BCUT2D eigenvalue weighted by Gasteiger charge is 2.14. The summed E-state index contributed by atoms with van der Waals surface area (Å²) in [5.41, 5.74) is 1.92. The summed E-state index contributed by atoms with van der Waals surface area (Å²) in [7, 11) is 1.62. The molecule has 0 bridgehead atoms. The zero-order valence-corrected chi connectivity index (χ0v) is 11.2. The molecular weight excluding hydrogens is 265 g/mol. The van der Waals surface area contributed by atoms with Gasteiger partial charge in [-0.15, -0.1) is 11.6 Å². The summed E-state index contributed by atoms with van der Waals surface area (Å²) in [6.07, 6.45) is 0. The lowest BCUT2D eigenvalue weighted by atomic mass is 10.1. The van der Waals surface area contributed by atoms with Crippen LogP contribution < -0.4 is 4.90 Å². The largest absolute Gasteiger partial charge is 0.311 e. The Morgan fingerprint density at radius 3 is 2.63 bits per heavy atom. The fraction of sp³-hybridized carbons (Fsp3) is 0.133. The molecule has 2 nitrogen and oxygen atoms in total. The lowest BCUT2D eigenvalue weighted by Crippen LogP contribution is -2.26. The van der Waals surface area contributed by atoms with Crippen molar-refractivity contribution in [3.05, 3.63) is 65.5 Å². The fourth-order valence-electron chi connectivity index (χ4n) is 1.78. The number of anilines is 1. The number of carbonyl (C=O) groups is 1. The topological polar surface area (TPSA) is 20.3 Å². The molecule has 0 saturated carbocycles. The van der Waals surface area contributed by atoms with Crippen LogP contribution in [-0.2, 0) is 5.88 Å². The molecule has 0 saturated heterocycles. The highest BCUT2D eigenvalue weighted by atomic mass is 35.5. The predicted molar refractivity (Wildman–Crippen MR) is 75.1 cm³/mol. The van der Waals surface area contributed by atoms with Gasteiger partial charge in [-0.2, -0.15) is 0 Å². The molecule has 0 N–H and O–H groups in total. The average molecular weight is 278 g/mol. The Hall–Kier alpha value is -1.87. The van der Waals surface area contributed by atoms with Crippen LogP contribution in [-0.4, -0.2) is 13.0 Å². The third-order valence-corrected chi connectivity index (χ3v) is 3.14. The van der Waals surface area contributed by atoms with Crippen molar-refractivity contribution in [1.82, 2.24) is 0 Å². The second kappa shape index (κ2) is 5.85. The van der Waals surface area contributed by atoms with E-state index in [0.717, 1.165) is 5.56 Å². The molecule has 1 amide bonds. The van der Waals surface area contributed by atoms with Gasteiger partial charge in [0.2, 0.25) is 0 Å². The minimum absolute atomic E-state index is 0.197. The molecule has 0 aromatic heterocycles. The number of halogens is 2. The maximum absolute atomic E-state index is 13.2. The van der Waals surface area contributed by atoms with E-state index in [4.69, 9.17) is 11.6 Å². The molecule has 0 spiro atoms. The maximum atomic E-state index is 13.2. The van der Waals surface area contributed by atoms with Gasteiger partial charge in [-0.1, -0.05) is 18.2 Å². The minimum Gasteiger partial charge on any atom is -0.311 e. The van der Waals surface area contributed by atoms with E-state index < -0.39 is 0 Å². The van der Waals surface area contributed by atoms with Gasteiger partial charge in [0.15, 0.2) is 0 Å². The Balaban J connectivity index is 2.28. The van der Waals surface area contributed by atoms with Gasteiger partial charge < -0.3 is 4.90 Å². The van der Waals surface area contributed by atoms with E-state index in [1.807, 2.05) is 6.07 Å². The zero-order valence-electron chi connectivity index (χ0n) is 10.4. The van der Waals surface area contributed by atoms with Gasteiger partial charge in [-0.25, -0.2) is 4.39 Å². The summed E-state index contributed by atoms with van der Waals surface area (Å²) in [5, 5.41) is 0. The van der Waals surface area contributed by atoms with Crippen molar-refractivity contribution in [2.24, 2.45) is 0 Å². The molecule has 0 aliphatic heterocycles. The van der Waals surface area contributed by atoms with Crippen LogP contribution in [0.15, 0.2) is 48.5 Å². The summed E-state index contributed by atoms with van der Waals surface area (Å²) < 4.78 is 13.2. The quantitative estimate of drug-likeness (QED) is 0.781. The van der Waals surface area contributed by atoms with Gasteiger partial charge in [-0.3, -0.25) is 4.79 Å². The number of amides is 1. The van der Waals surface area contributed by atoms with Crippen LogP contribution in [0.2, 0.25) is 0 Å². The molecule has 4 heteroatoms. The summed E-state index contributed by atoms with van der Waals surface area (Å²) in [6, 6.07) is 13.0. The fourth-order valence-corrected chi connectivity index (χ4v) is 1.95. The van der Waals surface area contributed by atoms with Gasteiger partial charge in [0.05, 0.1) is 0 Å². The molecular formula is C15H13ClFNO. The van der Waals surface area contributed by atoms with Gasteiger partial charge in [-0.05, 0) is 35.9 Å². The Bertz CT molecular complexity index is 600. The van der Waals surface area contributed by atoms with Gasteiger partial charge >= 0.3 is 0 Å². The smallest absolute Gasteiger partial charge is 0.258 e. The third-order valence-electron chi connectivity index (χ3n) is 2.83. The number of rotatable bonds is 3. The first-order valence-corrected chi connectivity index (χ1v) is 6.34. The zero-order chi connectivity index (χ0) is 13.8. The standard InChI is InChI=1S/C15H13ClFNO/c1-18(14-7-3-6-13(17)9-14)15(19)12-5-2-4-11(8-12)10-16/h2-9H,10H2,1H3. The Morgan fingerprint density at radius 1 is 1.21 bits per heavy atom. The molecule has 19 heavy (non-hydrogen) atoms. The molecule has 0 aliphatic carbocycles. The monoisotopic (exact) mass is 277 g/mol. The summed E-state index contributed by atoms with van der Waals surface area (Å²) in [5.74, 6) is -0.214. The van der Waals surface area contributed by atoms with E-state index in [-0.39, 0.29) is 11.7 Å². The SMILES string of the molecule is CN(C(=O)c1cccc(CCl)c1)c1cccc(F)c1. The van der Waals surface area contributed by atoms with Crippen molar-refractivity contribution in [2.75, 3.05) is 11.9 Å². The van der Waals surface area contributed by atoms with Crippen LogP contribution in [0.3, 0.4) is 0 Å². The molecule has 0 heterocycles. The van der Waals surface area contributed by atoms with E-state index in [2.05, 4.69) is 0 Å². The number of alkyl halides is 1. The Labute approximate surface area is 116 Å². The molecule has 0 radical (unpaired) electrons. The van der Waals surface area contributed by atoms with Crippen LogP contribution in [0.4, 0.5) is 10.1 Å². The summed E-state index contributed by atoms with van der Waals surface area (Å²) >= 11 is 5.75. The normalized spacial score (nSPS) is 10.3. The van der Waals surface area contributed by atoms with E-state index in [9.17, 15) is 9.18 Å². The predicted octanol–water partition coefficient (Wildman–Crippen LogP) is 3.84. The molecule has 0 aliphatic rings. The van der Waals surface area contributed by atoms with Gasteiger partial charge in [0.1, 0.15) is 5.82 Å². The second-order valence-corrected chi connectivity index (χ2v) is 4.45. The maximum Gasteiger partial charge on any atom is 0.258 e. The molecule has 2 aromatic carbocycles. The third kappa shape index (κ3) is 3.12. The van der Waals surface area contributed by atoms with Gasteiger partial charge in [0, 0.05) is 24.2 Å². The number of benzene rings is 2. The van der Waals surface area contributed by atoms with Crippen LogP contribution in [0.25, 0.3) is 0 Å². The first-order chi connectivity index (χ1) is 9.11. The molecule has 0 fully saturated rings. The highest BCUT2D eigenvalue weighted by Crippen LogP contribution is 2.17. The van der Waals surface area contributed by atoms with E-state index in [0.29, 0.717) is 17.1 Å². The van der Waals surface area contributed by atoms with Crippen molar-refractivity contribution in [3.8, 4) is 0 Å². The van der Waals surface area contributed by atoms with E-state index in [1.165, 1.54) is 17.0 Å². The number of carbonyl (C=O) groups excluding carboxylic acids is 1. The molecule has 98 valence electrons. The van der Waals surface area contributed by atoms with Crippen molar-refractivity contribution in [2.45, 2.75) is 5.88 Å². The van der Waals surface area contributed by atoms with E-state index >= 15 is 0 Å². The van der Waals surface area contributed by atoms with Crippen LogP contribution >= 0.6 is 11.6 Å². The van der Waals surface area contributed by atoms with Gasteiger partial charge in [0.25, 0.3) is 5.91 Å². The molecule has 2 rings (SSSR count). The Morgan fingerprint density at radius 2 is 1.95 bits per heavy atom. The van der Waals surface area contributed by atoms with Crippen molar-refractivity contribution < 1.29 is 9.18 Å². The summed E-state index contributed by atoms with van der Waals surface area (Å²) in [6.45, 7) is 0. The number of hydrogen-bond donors (Lipinski definition) is 0. The number of nitrogens with zero attached hydrogens (tertiary/aromatic N) is 1. The molecule has 2 aromatic rings. The van der Waals surface area contributed by atoms with E-state index in [1.54, 1.807) is 37.4 Å². The highest BCUT2D eigenvalue weighted by molar-refractivity contribution is 6.17. The van der Waals surface area contributed by atoms with Crippen LogP contribution in [0.1, 0.15) is 15.9 Å². The first-order valence-electron chi connectivity index (χ1n) is 5.80. The second-order valence-electron chi connectivity index (χ2n) is 4.18. The average Bonchev–Trinajstić information content (AvgIpc) is 2.45. The summed E-state index contributed by atoms with van der Waals surface area (Å²) in [4.78, 5) is 13.7. The molecule has 0 atom stereocenters. The first kappa shape index (κ1) is 13.6. The van der Waals surface area contributed by atoms with Crippen LogP contribution in [0, 0.1) is 5.82 Å². The lowest BCUT2D eigenvalue weighted by Gasteiger charge is -2.17. The van der Waals surface area contributed by atoms with Crippen molar-refractivity contribution in [3.63, 3.8) is 0 Å². The van der Waals surface area contributed by atoms with Crippen molar-refractivity contribution >= 4 is 23.2 Å². The lowest BCUT2D eigenvalue weighted by molar-refractivity contribution is 0.0993.